The second-order valence-corrected chi connectivity index (χ2v) is 6.45. The van der Waals surface area contributed by atoms with Crippen LogP contribution in [0.5, 0.6) is 0 Å². The van der Waals surface area contributed by atoms with Gasteiger partial charge in [0.15, 0.2) is 0 Å². The van der Waals surface area contributed by atoms with E-state index in [0.29, 0.717) is 12.0 Å². The molecule has 1 aliphatic rings. The quantitative estimate of drug-likeness (QED) is 0.775. The van der Waals surface area contributed by atoms with Gasteiger partial charge in [0.05, 0.1) is 12.0 Å². The van der Waals surface area contributed by atoms with Crippen LogP contribution in [0.1, 0.15) is 17.0 Å². The number of benzene rings is 1. The van der Waals surface area contributed by atoms with Gasteiger partial charge >= 0.3 is 0 Å². The van der Waals surface area contributed by atoms with Crippen LogP contribution in [0.15, 0.2) is 55.1 Å². The summed E-state index contributed by atoms with van der Waals surface area (Å²) < 4.78 is 2.14. The maximum absolute atomic E-state index is 4.58. The van der Waals surface area contributed by atoms with E-state index in [1.165, 1.54) is 17.0 Å². The Labute approximate surface area is 147 Å². The lowest BCUT2D eigenvalue weighted by atomic mass is 10.0. The van der Waals surface area contributed by atoms with Gasteiger partial charge in [-0.2, -0.15) is 0 Å². The van der Waals surface area contributed by atoms with Crippen molar-refractivity contribution < 1.29 is 0 Å². The highest BCUT2D eigenvalue weighted by Crippen LogP contribution is 2.24. The highest BCUT2D eigenvalue weighted by Gasteiger charge is 2.28. The highest BCUT2D eigenvalue weighted by molar-refractivity contribution is 5.25. The molecule has 6 nitrogen and oxygen atoms in total. The van der Waals surface area contributed by atoms with E-state index in [1.54, 1.807) is 12.4 Å². The Morgan fingerprint density at radius 1 is 1.08 bits per heavy atom. The van der Waals surface area contributed by atoms with Crippen LogP contribution in [0, 0.1) is 0 Å². The minimum atomic E-state index is 0.368. The SMILES string of the molecule is Cn1cnc2c1C[C@H](CNc1ncccn1)N(Cc1ccccc1)C2. The summed E-state index contributed by atoms with van der Waals surface area (Å²) in [7, 11) is 2.07. The summed E-state index contributed by atoms with van der Waals surface area (Å²) in [6.07, 6.45) is 6.41. The lowest BCUT2D eigenvalue weighted by Crippen LogP contribution is -2.44. The third kappa shape index (κ3) is 3.53. The van der Waals surface area contributed by atoms with Crippen LogP contribution in [-0.2, 0) is 26.6 Å². The standard InChI is InChI=1S/C19H22N6/c1-24-14-23-17-13-25(12-15-6-3-2-4-7-15)16(10-18(17)24)11-22-19-20-8-5-9-21-19/h2-9,14,16H,10-13H2,1H3,(H,20,21,22)/t16-/m1/s1. The van der Waals surface area contributed by atoms with Crippen LogP contribution in [0.3, 0.4) is 0 Å². The average molecular weight is 334 g/mol. The fraction of sp³-hybridized carbons (Fsp3) is 0.316. The van der Waals surface area contributed by atoms with Crippen molar-refractivity contribution in [2.75, 3.05) is 11.9 Å². The van der Waals surface area contributed by atoms with Crippen molar-refractivity contribution in [2.24, 2.45) is 7.05 Å². The molecule has 0 amide bonds. The summed E-state index contributed by atoms with van der Waals surface area (Å²) in [4.78, 5) is 15.6. The Balaban J connectivity index is 1.53. The fourth-order valence-corrected chi connectivity index (χ4v) is 3.38. The largest absolute Gasteiger partial charge is 0.353 e. The maximum Gasteiger partial charge on any atom is 0.222 e. The lowest BCUT2D eigenvalue weighted by molar-refractivity contribution is 0.165. The molecule has 2 aromatic heterocycles. The van der Waals surface area contributed by atoms with Crippen LogP contribution in [-0.4, -0.2) is 37.0 Å². The monoisotopic (exact) mass is 334 g/mol. The van der Waals surface area contributed by atoms with Gasteiger partial charge in [-0.15, -0.1) is 0 Å². The smallest absolute Gasteiger partial charge is 0.222 e. The van der Waals surface area contributed by atoms with Crippen molar-refractivity contribution in [1.82, 2.24) is 24.4 Å². The third-order valence-corrected chi connectivity index (χ3v) is 4.73. The van der Waals surface area contributed by atoms with Gasteiger partial charge in [-0.05, 0) is 11.6 Å². The molecule has 1 aromatic carbocycles. The van der Waals surface area contributed by atoms with Gasteiger partial charge in [0.2, 0.25) is 5.95 Å². The van der Waals surface area contributed by atoms with Crippen molar-refractivity contribution in [3.8, 4) is 0 Å². The number of hydrogen-bond acceptors (Lipinski definition) is 5. The predicted molar refractivity (Wildman–Crippen MR) is 96.9 cm³/mol. The molecule has 0 unspecified atom stereocenters. The zero-order chi connectivity index (χ0) is 17.1. The van der Waals surface area contributed by atoms with Gasteiger partial charge in [-0.25, -0.2) is 15.0 Å². The molecule has 1 N–H and O–H groups in total. The molecule has 0 spiro atoms. The number of rotatable bonds is 5. The van der Waals surface area contributed by atoms with Gasteiger partial charge in [0.1, 0.15) is 0 Å². The Bertz CT molecular complexity index is 814. The number of nitrogens with one attached hydrogen (secondary N) is 1. The summed E-state index contributed by atoms with van der Waals surface area (Å²) in [5.41, 5.74) is 3.83. The van der Waals surface area contributed by atoms with Gasteiger partial charge in [-0.1, -0.05) is 30.3 Å². The first-order valence-electron chi connectivity index (χ1n) is 8.57. The number of nitrogens with zero attached hydrogens (tertiary/aromatic N) is 5. The number of anilines is 1. The molecule has 4 rings (SSSR count). The zero-order valence-corrected chi connectivity index (χ0v) is 14.3. The Morgan fingerprint density at radius 3 is 2.68 bits per heavy atom. The molecule has 0 saturated heterocycles. The van der Waals surface area contributed by atoms with E-state index in [9.17, 15) is 0 Å². The fourth-order valence-electron chi connectivity index (χ4n) is 3.38. The summed E-state index contributed by atoms with van der Waals surface area (Å²) >= 11 is 0. The normalized spacial score (nSPS) is 17.2. The van der Waals surface area contributed by atoms with Crippen molar-refractivity contribution >= 4 is 5.95 Å². The van der Waals surface area contributed by atoms with E-state index >= 15 is 0 Å². The summed E-state index contributed by atoms with van der Waals surface area (Å²) in [6, 6.07) is 12.8. The molecular formula is C19H22N6. The topological polar surface area (TPSA) is 58.9 Å². The number of imidazole rings is 1. The number of hydrogen-bond donors (Lipinski definition) is 1. The molecule has 128 valence electrons. The van der Waals surface area contributed by atoms with E-state index in [4.69, 9.17) is 0 Å². The molecule has 3 aromatic rings. The van der Waals surface area contributed by atoms with E-state index in [1.807, 2.05) is 12.4 Å². The van der Waals surface area contributed by atoms with Crippen LogP contribution in [0.4, 0.5) is 5.95 Å². The van der Waals surface area contributed by atoms with Gasteiger partial charge in [-0.3, -0.25) is 4.90 Å². The predicted octanol–water partition coefficient (Wildman–Crippen LogP) is 2.25. The van der Waals surface area contributed by atoms with E-state index in [-0.39, 0.29) is 0 Å². The van der Waals surface area contributed by atoms with Crippen LogP contribution < -0.4 is 5.32 Å². The Morgan fingerprint density at radius 2 is 1.88 bits per heavy atom. The average Bonchev–Trinajstić information content (AvgIpc) is 3.01. The molecular weight excluding hydrogens is 312 g/mol. The highest BCUT2D eigenvalue weighted by atomic mass is 15.2. The molecule has 0 bridgehead atoms. The lowest BCUT2D eigenvalue weighted by Gasteiger charge is -2.35. The first-order valence-corrected chi connectivity index (χ1v) is 8.57. The summed E-state index contributed by atoms with van der Waals surface area (Å²) in [5, 5.41) is 3.38. The molecule has 1 atom stereocenters. The van der Waals surface area contributed by atoms with Crippen molar-refractivity contribution in [2.45, 2.75) is 25.6 Å². The van der Waals surface area contributed by atoms with E-state index in [2.05, 4.69) is 67.1 Å². The number of aryl methyl sites for hydroxylation is 1. The second kappa shape index (κ2) is 7.03. The van der Waals surface area contributed by atoms with Crippen molar-refractivity contribution in [3.05, 3.63) is 72.1 Å². The van der Waals surface area contributed by atoms with Gasteiger partial charge in [0, 0.05) is 57.2 Å². The molecule has 1 aliphatic heterocycles. The third-order valence-electron chi connectivity index (χ3n) is 4.73. The summed E-state index contributed by atoms with van der Waals surface area (Å²) in [6.45, 7) is 2.59. The number of fused-ring (bicyclic) bond motifs is 1. The Kier molecular flexibility index (Phi) is 4.43. The van der Waals surface area contributed by atoms with Crippen LogP contribution in [0.2, 0.25) is 0 Å². The van der Waals surface area contributed by atoms with Crippen LogP contribution in [0.25, 0.3) is 0 Å². The molecule has 0 saturated carbocycles. The van der Waals surface area contributed by atoms with Gasteiger partial charge in [0.25, 0.3) is 0 Å². The van der Waals surface area contributed by atoms with E-state index in [0.717, 1.165) is 26.1 Å². The van der Waals surface area contributed by atoms with E-state index < -0.39 is 0 Å². The molecule has 3 heterocycles. The number of aromatic nitrogens is 4. The summed E-state index contributed by atoms with van der Waals surface area (Å²) in [5.74, 6) is 0.679. The molecule has 25 heavy (non-hydrogen) atoms. The Hall–Kier alpha value is -2.73. The zero-order valence-electron chi connectivity index (χ0n) is 14.3. The minimum Gasteiger partial charge on any atom is -0.353 e. The molecule has 0 aliphatic carbocycles. The van der Waals surface area contributed by atoms with Crippen LogP contribution >= 0.6 is 0 Å². The van der Waals surface area contributed by atoms with Crippen molar-refractivity contribution in [1.29, 1.82) is 0 Å². The van der Waals surface area contributed by atoms with Crippen molar-refractivity contribution in [3.63, 3.8) is 0 Å². The minimum absolute atomic E-state index is 0.368. The molecule has 0 radical (unpaired) electrons. The van der Waals surface area contributed by atoms with Gasteiger partial charge < -0.3 is 9.88 Å². The first-order chi connectivity index (χ1) is 12.3. The molecule has 6 heteroatoms. The second-order valence-electron chi connectivity index (χ2n) is 6.45. The maximum atomic E-state index is 4.58. The molecule has 0 fully saturated rings. The first kappa shape index (κ1) is 15.8.